The molecule has 0 amide bonds. The molecule has 0 radical (unpaired) electrons. The van der Waals surface area contributed by atoms with Crippen LogP contribution in [0.5, 0.6) is 5.88 Å². The smallest absolute Gasteiger partial charge is 0.228 e. The Kier molecular flexibility index (Phi) is 6.20. The van der Waals surface area contributed by atoms with Crippen LogP contribution in [0.3, 0.4) is 0 Å². The van der Waals surface area contributed by atoms with Crippen LogP contribution in [0, 0.1) is 0 Å². The zero-order valence-corrected chi connectivity index (χ0v) is 13.0. The van der Waals surface area contributed by atoms with Gasteiger partial charge in [-0.1, -0.05) is 0 Å². The van der Waals surface area contributed by atoms with Crippen molar-refractivity contribution in [3.63, 3.8) is 0 Å². The van der Waals surface area contributed by atoms with Crippen molar-refractivity contribution < 1.29 is 9.47 Å². The molecule has 1 fully saturated rings. The normalized spacial score (nSPS) is 16.5. The fourth-order valence-corrected chi connectivity index (χ4v) is 2.35. The minimum atomic E-state index is 0.120. The molecule has 6 heteroatoms. The van der Waals surface area contributed by atoms with Gasteiger partial charge < -0.3 is 20.1 Å². The van der Waals surface area contributed by atoms with Gasteiger partial charge in [0.05, 0.1) is 12.2 Å². The van der Waals surface area contributed by atoms with E-state index in [2.05, 4.69) is 14.9 Å². The maximum atomic E-state index is 5.81. The number of nitrogens with two attached hydrogens (primary N) is 1. The van der Waals surface area contributed by atoms with E-state index >= 15 is 0 Å². The topological polar surface area (TPSA) is 73.5 Å². The Morgan fingerprint density at radius 1 is 1.38 bits per heavy atom. The summed E-state index contributed by atoms with van der Waals surface area (Å²) in [6.45, 7) is 7.26. The van der Waals surface area contributed by atoms with Gasteiger partial charge in [-0.05, 0) is 39.7 Å². The molecule has 2 heterocycles. The van der Waals surface area contributed by atoms with E-state index in [0.717, 1.165) is 44.9 Å². The van der Waals surface area contributed by atoms with Crippen molar-refractivity contribution in [3.05, 3.63) is 12.3 Å². The second-order valence-corrected chi connectivity index (χ2v) is 5.56. The Morgan fingerprint density at radius 2 is 2.14 bits per heavy atom. The highest BCUT2D eigenvalue weighted by Crippen LogP contribution is 2.20. The minimum absolute atomic E-state index is 0.120. The third-order valence-electron chi connectivity index (χ3n) is 3.40. The molecular weight excluding hydrogens is 268 g/mol. The predicted octanol–water partition coefficient (Wildman–Crippen LogP) is 1.60. The van der Waals surface area contributed by atoms with Gasteiger partial charge in [-0.2, -0.15) is 4.98 Å². The Bertz CT molecular complexity index is 420. The second kappa shape index (κ2) is 8.14. The van der Waals surface area contributed by atoms with Crippen LogP contribution in [0.15, 0.2) is 12.3 Å². The zero-order valence-electron chi connectivity index (χ0n) is 13.0. The summed E-state index contributed by atoms with van der Waals surface area (Å²) < 4.78 is 11.4. The van der Waals surface area contributed by atoms with Crippen LogP contribution in [0.4, 0.5) is 5.95 Å². The number of aromatic nitrogens is 2. The Labute approximate surface area is 126 Å². The molecule has 21 heavy (non-hydrogen) atoms. The average molecular weight is 294 g/mol. The van der Waals surface area contributed by atoms with Crippen molar-refractivity contribution >= 4 is 5.95 Å². The number of rotatable bonds is 7. The molecule has 1 aromatic rings. The van der Waals surface area contributed by atoms with Crippen molar-refractivity contribution in [3.8, 4) is 5.88 Å². The first kappa shape index (κ1) is 16.0. The number of nitrogens with zero attached hydrogens (tertiary/aromatic N) is 3. The lowest BCUT2D eigenvalue weighted by Gasteiger charge is -2.32. The van der Waals surface area contributed by atoms with Crippen LogP contribution in [0.2, 0.25) is 0 Å². The largest absolute Gasteiger partial charge is 0.475 e. The molecule has 0 aromatic carbocycles. The highest BCUT2D eigenvalue weighted by Gasteiger charge is 2.21. The van der Waals surface area contributed by atoms with Crippen LogP contribution in [0.1, 0.15) is 33.1 Å². The fraction of sp³-hybridized carbons (Fsp3) is 0.733. The molecule has 0 aliphatic carbocycles. The first-order valence-electron chi connectivity index (χ1n) is 7.75. The highest BCUT2D eigenvalue weighted by molar-refractivity contribution is 5.32. The molecule has 1 aromatic heterocycles. The number of anilines is 1. The summed E-state index contributed by atoms with van der Waals surface area (Å²) in [7, 11) is 0. The van der Waals surface area contributed by atoms with Crippen molar-refractivity contribution in [2.45, 2.75) is 45.3 Å². The molecule has 118 valence electrons. The molecule has 0 saturated carbocycles. The van der Waals surface area contributed by atoms with Crippen molar-refractivity contribution in [1.29, 1.82) is 0 Å². The SMILES string of the molecule is CC(C)Oc1ccnc(N2CCC(OCCCN)CC2)n1. The third kappa shape index (κ3) is 5.13. The second-order valence-electron chi connectivity index (χ2n) is 5.56. The maximum Gasteiger partial charge on any atom is 0.228 e. The summed E-state index contributed by atoms with van der Waals surface area (Å²) in [6.07, 6.45) is 5.14. The van der Waals surface area contributed by atoms with Crippen LogP contribution in [-0.2, 0) is 4.74 Å². The van der Waals surface area contributed by atoms with Crippen LogP contribution in [-0.4, -0.2) is 48.4 Å². The summed E-state index contributed by atoms with van der Waals surface area (Å²) in [5.41, 5.74) is 5.47. The molecule has 1 aliphatic heterocycles. The first-order chi connectivity index (χ1) is 10.2. The molecule has 2 N–H and O–H groups in total. The maximum absolute atomic E-state index is 5.81. The van der Waals surface area contributed by atoms with E-state index < -0.39 is 0 Å². The van der Waals surface area contributed by atoms with Crippen LogP contribution < -0.4 is 15.4 Å². The van der Waals surface area contributed by atoms with Crippen LogP contribution in [0.25, 0.3) is 0 Å². The van der Waals surface area contributed by atoms with E-state index in [9.17, 15) is 0 Å². The summed E-state index contributed by atoms with van der Waals surface area (Å²) in [5, 5.41) is 0. The van der Waals surface area contributed by atoms with Crippen LogP contribution >= 0.6 is 0 Å². The van der Waals surface area contributed by atoms with E-state index in [1.54, 1.807) is 12.3 Å². The van der Waals surface area contributed by atoms with Crippen molar-refractivity contribution in [2.24, 2.45) is 5.73 Å². The van der Waals surface area contributed by atoms with Gasteiger partial charge in [0.25, 0.3) is 0 Å². The van der Waals surface area contributed by atoms with Gasteiger partial charge in [0.2, 0.25) is 11.8 Å². The molecule has 0 atom stereocenters. The quantitative estimate of drug-likeness (QED) is 0.770. The average Bonchev–Trinajstić information content (AvgIpc) is 2.48. The van der Waals surface area contributed by atoms with E-state index in [-0.39, 0.29) is 6.10 Å². The van der Waals surface area contributed by atoms with Gasteiger partial charge in [0.15, 0.2) is 0 Å². The third-order valence-corrected chi connectivity index (χ3v) is 3.40. The lowest BCUT2D eigenvalue weighted by molar-refractivity contribution is 0.0364. The lowest BCUT2D eigenvalue weighted by Crippen LogP contribution is -2.38. The van der Waals surface area contributed by atoms with Gasteiger partial charge >= 0.3 is 0 Å². The molecule has 0 unspecified atom stereocenters. The number of hydrogen-bond donors (Lipinski definition) is 1. The van der Waals surface area contributed by atoms with Gasteiger partial charge in [-0.15, -0.1) is 0 Å². The monoisotopic (exact) mass is 294 g/mol. The van der Waals surface area contributed by atoms with Gasteiger partial charge in [-0.3, -0.25) is 0 Å². The molecule has 0 bridgehead atoms. The molecule has 1 aliphatic rings. The standard InChI is InChI=1S/C15H26N4O2/c1-12(2)21-14-4-8-17-15(18-14)19-9-5-13(6-10-19)20-11-3-7-16/h4,8,12-13H,3,5-7,9-11,16H2,1-2H3. The fourth-order valence-electron chi connectivity index (χ4n) is 2.35. The number of piperidine rings is 1. The molecule has 0 spiro atoms. The van der Waals surface area contributed by atoms with Gasteiger partial charge in [0, 0.05) is 32.0 Å². The van der Waals surface area contributed by atoms with Gasteiger partial charge in [-0.25, -0.2) is 4.98 Å². The summed E-state index contributed by atoms with van der Waals surface area (Å²) in [4.78, 5) is 11.0. The molecular formula is C15H26N4O2. The van der Waals surface area contributed by atoms with E-state index in [0.29, 0.717) is 18.5 Å². The zero-order chi connectivity index (χ0) is 15.1. The van der Waals surface area contributed by atoms with E-state index in [1.165, 1.54) is 0 Å². The van der Waals surface area contributed by atoms with E-state index in [4.69, 9.17) is 15.2 Å². The highest BCUT2D eigenvalue weighted by atomic mass is 16.5. The molecule has 2 rings (SSSR count). The molecule has 1 saturated heterocycles. The number of ether oxygens (including phenoxy) is 2. The van der Waals surface area contributed by atoms with Crippen molar-refractivity contribution in [2.75, 3.05) is 31.1 Å². The predicted molar refractivity (Wildman–Crippen MR) is 82.7 cm³/mol. The molecule has 6 nitrogen and oxygen atoms in total. The Balaban J connectivity index is 1.84. The van der Waals surface area contributed by atoms with Crippen molar-refractivity contribution in [1.82, 2.24) is 9.97 Å². The summed E-state index contributed by atoms with van der Waals surface area (Å²) in [5.74, 6) is 1.38. The Hall–Kier alpha value is -1.40. The Morgan fingerprint density at radius 3 is 2.81 bits per heavy atom. The summed E-state index contributed by atoms with van der Waals surface area (Å²) >= 11 is 0. The summed E-state index contributed by atoms with van der Waals surface area (Å²) in [6, 6.07) is 1.80. The first-order valence-corrected chi connectivity index (χ1v) is 7.75. The van der Waals surface area contributed by atoms with E-state index in [1.807, 2.05) is 13.8 Å². The number of hydrogen-bond acceptors (Lipinski definition) is 6. The minimum Gasteiger partial charge on any atom is -0.475 e. The van der Waals surface area contributed by atoms with Gasteiger partial charge in [0.1, 0.15) is 0 Å². The lowest BCUT2D eigenvalue weighted by atomic mass is 10.1.